The van der Waals surface area contributed by atoms with Crippen molar-refractivity contribution >= 4 is 23.2 Å². The molecule has 1 amide bonds. The number of fused-ring (bicyclic) bond motifs is 2. The average Bonchev–Trinajstić information content (AvgIpc) is 3.36. The first-order valence-corrected chi connectivity index (χ1v) is 12.4. The summed E-state index contributed by atoms with van der Waals surface area (Å²) >= 11 is 0. The molecule has 178 valence electrons. The molecule has 0 bridgehead atoms. The fourth-order valence-electron chi connectivity index (χ4n) is 6.31. The number of nitrogens with zero attached hydrogens (tertiary/aromatic N) is 2. The molecule has 5 heteroatoms. The number of hydrogen-bond acceptors (Lipinski definition) is 4. The number of likely N-dealkylation sites (tertiary alicyclic amines) is 1. The minimum atomic E-state index is -1.54. The third-order valence-electron chi connectivity index (χ3n) is 7.96. The Morgan fingerprint density at radius 3 is 2.62 bits per heavy atom. The van der Waals surface area contributed by atoms with E-state index in [0.717, 1.165) is 38.0 Å². The van der Waals surface area contributed by atoms with Crippen molar-refractivity contribution in [3.63, 3.8) is 0 Å². The van der Waals surface area contributed by atoms with Gasteiger partial charge in [-0.2, -0.15) is 0 Å². The first kappa shape index (κ1) is 23.0. The first-order valence-electron chi connectivity index (χ1n) is 12.4. The van der Waals surface area contributed by atoms with Gasteiger partial charge in [-0.25, -0.2) is 0 Å². The number of rotatable bonds is 6. The summed E-state index contributed by atoms with van der Waals surface area (Å²) in [7, 11) is 0. The summed E-state index contributed by atoms with van der Waals surface area (Å²) in [5, 5.41) is 20.7. The average molecular weight is 459 g/mol. The van der Waals surface area contributed by atoms with E-state index in [9.17, 15) is 15.0 Å². The monoisotopic (exact) mass is 458 g/mol. The Bertz CT molecular complexity index is 1130. The standard InChI is InChI=1S/C29H34N2O3/c1-3-20-9-7-10-21-19-26(23(4-2)27(20)21)30-16-13-22(14-17-30)31-25-12-6-5-11-24(25)29(34,28(31)33)15-8-18-32/h3-7,9-12,22,26,32,34H,1,8,13-19H2,2H3/b23-4-. The SMILES string of the molecule is C=Cc1cccc2c1/C(=C\C)C(N1CCC(N3C(=O)C(O)(CCCO)c4ccccc43)CC1)C2. The van der Waals surface area contributed by atoms with Crippen LogP contribution < -0.4 is 4.90 Å². The second-order valence-electron chi connectivity index (χ2n) is 9.70. The van der Waals surface area contributed by atoms with Crippen LogP contribution in [0.4, 0.5) is 5.69 Å². The zero-order valence-corrected chi connectivity index (χ0v) is 19.9. The molecular formula is C29H34N2O3. The number of aliphatic hydroxyl groups is 2. The van der Waals surface area contributed by atoms with E-state index in [-0.39, 0.29) is 25.0 Å². The van der Waals surface area contributed by atoms with Gasteiger partial charge in [0.2, 0.25) is 0 Å². The lowest BCUT2D eigenvalue weighted by Gasteiger charge is -2.40. The van der Waals surface area contributed by atoms with Crippen LogP contribution in [0.15, 0.2) is 55.1 Å². The van der Waals surface area contributed by atoms with Gasteiger partial charge in [0, 0.05) is 37.3 Å². The van der Waals surface area contributed by atoms with E-state index in [1.165, 1.54) is 22.3 Å². The topological polar surface area (TPSA) is 64.0 Å². The van der Waals surface area contributed by atoms with Crippen LogP contribution in [0.1, 0.15) is 54.9 Å². The number of amides is 1. The molecule has 1 aliphatic carbocycles. The number of allylic oxidation sites excluding steroid dienone is 1. The van der Waals surface area contributed by atoms with Gasteiger partial charge in [0.25, 0.3) is 5.91 Å². The highest BCUT2D eigenvalue weighted by molar-refractivity contribution is 6.07. The molecule has 2 unspecified atom stereocenters. The zero-order chi connectivity index (χ0) is 23.9. The molecule has 5 rings (SSSR count). The molecule has 2 aliphatic heterocycles. The van der Waals surface area contributed by atoms with E-state index >= 15 is 0 Å². The van der Waals surface area contributed by atoms with Crippen LogP contribution >= 0.6 is 0 Å². The number of para-hydroxylation sites is 1. The Balaban J connectivity index is 1.34. The number of piperidine rings is 1. The number of carbonyl (C=O) groups is 1. The fourth-order valence-corrected chi connectivity index (χ4v) is 6.31. The number of aliphatic hydroxyl groups excluding tert-OH is 1. The van der Waals surface area contributed by atoms with Gasteiger partial charge < -0.3 is 15.1 Å². The van der Waals surface area contributed by atoms with Crippen LogP contribution in [-0.4, -0.2) is 52.8 Å². The van der Waals surface area contributed by atoms with Gasteiger partial charge in [0.1, 0.15) is 0 Å². The minimum Gasteiger partial charge on any atom is -0.396 e. The molecule has 0 saturated carbocycles. The number of carbonyl (C=O) groups excluding carboxylic acids is 1. The third kappa shape index (κ3) is 3.54. The first-order chi connectivity index (χ1) is 16.5. The van der Waals surface area contributed by atoms with Crippen LogP contribution in [0, 0.1) is 0 Å². The van der Waals surface area contributed by atoms with Crippen molar-refractivity contribution in [2.24, 2.45) is 0 Å². The summed E-state index contributed by atoms with van der Waals surface area (Å²) in [6.45, 7) is 7.91. The maximum absolute atomic E-state index is 13.5. The summed E-state index contributed by atoms with van der Waals surface area (Å²) in [5.41, 5.74) is 5.26. The molecule has 2 atom stereocenters. The van der Waals surface area contributed by atoms with Crippen molar-refractivity contribution < 1.29 is 15.0 Å². The van der Waals surface area contributed by atoms with Crippen LogP contribution in [0.5, 0.6) is 0 Å². The van der Waals surface area contributed by atoms with Crippen molar-refractivity contribution in [1.82, 2.24) is 4.90 Å². The fraction of sp³-hybridized carbons (Fsp3) is 0.414. The van der Waals surface area contributed by atoms with Gasteiger partial charge in [0.05, 0.1) is 5.69 Å². The lowest BCUT2D eigenvalue weighted by atomic mass is 9.90. The van der Waals surface area contributed by atoms with Gasteiger partial charge in [0.15, 0.2) is 5.60 Å². The van der Waals surface area contributed by atoms with Gasteiger partial charge in [-0.05, 0) is 67.4 Å². The molecule has 0 spiro atoms. The molecule has 3 aliphatic rings. The lowest BCUT2D eigenvalue weighted by molar-refractivity contribution is -0.137. The van der Waals surface area contributed by atoms with Crippen LogP contribution in [0.2, 0.25) is 0 Å². The van der Waals surface area contributed by atoms with Crippen molar-refractivity contribution in [1.29, 1.82) is 0 Å². The van der Waals surface area contributed by atoms with Gasteiger partial charge >= 0.3 is 0 Å². The maximum atomic E-state index is 13.5. The summed E-state index contributed by atoms with van der Waals surface area (Å²) in [5.74, 6) is -0.237. The second-order valence-corrected chi connectivity index (χ2v) is 9.70. The molecule has 2 heterocycles. The number of hydrogen-bond donors (Lipinski definition) is 2. The predicted octanol–water partition coefficient (Wildman–Crippen LogP) is 4.13. The number of anilines is 1. The molecule has 2 N–H and O–H groups in total. The highest BCUT2D eigenvalue weighted by Crippen LogP contribution is 2.46. The maximum Gasteiger partial charge on any atom is 0.263 e. The minimum absolute atomic E-state index is 0.0409. The van der Waals surface area contributed by atoms with Gasteiger partial charge in [-0.3, -0.25) is 9.69 Å². The lowest BCUT2D eigenvalue weighted by Crippen LogP contribution is -2.51. The van der Waals surface area contributed by atoms with Gasteiger partial charge in [-0.1, -0.05) is 55.1 Å². The Labute approximate surface area is 202 Å². The van der Waals surface area contributed by atoms with E-state index < -0.39 is 5.60 Å². The summed E-state index contributed by atoms with van der Waals surface area (Å²) in [6.07, 6.45) is 7.58. The zero-order valence-electron chi connectivity index (χ0n) is 19.9. The van der Waals surface area contributed by atoms with E-state index in [2.05, 4.69) is 42.7 Å². The molecule has 5 nitrogen and oxygen atoms in total. The third-order valence-corrected chi connectivity index (χ3v) is 7.96. The molecule has 2 aromatic rings. The molecular weight excluding hydrogens is 424 g/mol. The normalized spacial score (nSPS) is 26.2. The summed E-state index contributed by atoms with van der Waals surface area (Å²) < 4.78 is 0. The van der Waals surface area contributed by atoms with Crippen LogP contribution in [-0.2, 0) is 16.8 Å². The molecule has 0 radical (unpaired) electrons. The van der Waals surface area contributed by atoms with Crippen LogP contribution in [0.3, 0.4) is 0 Å². The Morgan fingerprint density at radius 1 is 1.15 bits per heavy atom. The molecule has 1 saturated heterocycles. The van der Waals surface area contributed by atoms with E-state index in [4.69, 9.17) is 0 Å². The quantitative estimate of drug-likeness (QED) is 0.683. The summed E-state index contributed by atoms with van der Waals surface area (Å²) in [6, 6.07) is 14.5. The van der Waals surface area contributed by atoms with E-state index in [1.54, 1.807) is 0 Å². The van der Waals surface area contributed by atoms with Crippen LogP contribution in [0.25, 0.3) is 11.6 Å². The van der Waals surface area contributed by atoms with E-state index in [0.29, 0.717) is 18.0 Å². The Kier molecular flexibility index (Phi) is 6.19. The molecule has 1 fully saturated rings. The van der Waals surface area contributed by atoms with Crippen molar-refractivity contribution in [2.75, 3.05) is 24.6 Å². The van der Waals surface area contributed by atoms with Gasteiger partial charge in [-0.15, -0.1) is 0 Å². The predicted molar refractivity (Wildman–Crippen MR) is 136 cm³/mol. The summed E-state index contributed by atoms with van der Waals surface area (Å²) in [4.78, 5) is 17.9. The van der Waals surface area contributed by atoms with Crippen molar-refractivity contribution in [3.8, 4) is 0 Å². The Hall–Kier alpha value is -2.73. The largest absolute Gasteiger partial charge is 0.396 e. The highest BCUT2D eigenvalue weighted by atomic mass is 16.3. The Morgan fingerprint density at radius 2 is 1.91 bits per heavy atom. The molecule has 0 aromatic heterocycles. The van der Waals surface area contributed by atoms with Crippen molar-refractivity contribution in [2.45, 2.75) is 56.7 Å². The van der Waals surface area contributed by atoms with E-state index in [1.807, 2.05) is 35.2 Å². The second kappa shape index (κ2) is 9.14. The smallest absolute Gasteiger partial charge is 0.263 e. The molecule has 2 aromatic carbocycles. The highest BCUT2D eigenvalue weighted by Gasteiger charge is 2.51. The van der Waals surface area contributed by atoms with Crippen molar-refractivity contribution in [3.05, 3.63) is 77.4 Å². The number of benzene rings is 2. The molecule has 34 heavy (non-hydrogen) atoms.